The molecule has 1 saturated heterocycles. The number of halogens is 1. The van der Waals surface area contributed by atoms with Crippen LogP contribution in [-0.4, -0.2) is 32.9 Å². The molecular formula is C15H16ClNO3. The summed E-state index contributed by atoms with van der Waals surface area (Å²) in [5, 5.41) is 8.98. The molecule has 3 rings (SSSR count). The van der Waals surface area contributed by atoms with Crippen molar-refractivity contribution in [3.05, 3.63) is 35.9 Å². The van der Waals surface area contributed by atoms with Crippen molar-refractivity contribution in [3.8, 4) is 0 Å². The number of piperidine rings is 1. The Labute approximate surface area is 122 Å². The van der Waals surface area contributed by atoms with Crippen molar-refractivity contribution in [1.29, 1.82) is 0 Å². The summed E-state index contributed by atoms with van der Waals surface area (Å²) in [5.41, 5.74) is 0.103. The van der Waals surface area contributed by atoms with E-state index >= 15 is 0 Å². The van der Waals surface area contributed by atoms with Crippen molar-refractivity contribution in [1.82, 2.24) is 4.90 Å². The molecule has 3 atom stereocenters. The summed E-state index contributed by atoms with van der Waals surface area (Å²) in [7, 11) is 0. The average molecular weight is 294 g/mol. The number of hydrogen-bond acceptors (Lipinski definition) is 2. The minimum absolute atomic E-state index is 0.147. The third-order valence-electron chi connectivity index (χ3n) is 4.73. The number of hydrogen-bond donors (Lipinski definition) is 1. The van der Waals surface area contributed by atoms with Crippen molar-refractivity contribution >= 4 is 22.9 Å². The van der Waals surface area contributed by atoms with Gasteiger partial charge >= 0.3 is 6.09 Å². The lowest BCUT2D eigenvalue weighted by atomic mass is 9.92. The molecule has 1 aromatic carbocycles. The molecule has 106 valence electrons. The van der Waals surface area contributed by atoms with E-state index < -0.39 is 16.9 Å². The zero-order valence-electron chi connectivity index (χ0n) is 11.0. The quantitative estimate of drug-likeness (QED) is 0.872. The van der Waals surface area contributed by atoms with Gasteiger partial charge in [0.15, 0.2) is 0 Å². The maximum absolute atomic E-state index is 11.8. The summed E-state index contributed by atoms with van der Waals surface area (Å²) in [4.78, 5) is 24.7. The van der Waals surface area contributed by atoms with Gasteiger partial charge in [-0.2, -0.15) is 0 Å². The normalized spacial score (nSPS) is 31.6. The maximum atomic E-state index is 11.8. The summed E-state index contributed by atoms with van der Waals surface area (Å²) < 4.78 is 0. The highest BCUT2D eigenvalue weighted by Crippen LogP contribution is 2.52. The first-order valence-electron chi connectivity index (χ1n) is 6.81. The number of rotatable bonds is 3. The number of amides is 1. The minimum Gasteiger partial charge on any atom is -0.465 e. The molecule has 1 heterocycles. The third kappa shape index (κ3) is 1.90. The van der Waals surface area contributed by atoms with Crippen LogP contribution in [0.15, 0.2) is 30.3 Å². The summed E-state index contributed by atoms with van der Waals surface area (Å²) in [6.45, 7) is 0. The summed E-state index contributed by atoms with van der Waals surface area (Å²) >= 11 is 5.73. The highest BCUT2D eigenvalue weighted by Gasteiger charge is 2.61. The van der Waals surface area contributed by atoms with Gasteiger partial charge in [0, 0.05) is 6.04 Å². The van der Waals surface area contributed by atoms with E-state index in [1.807, 2.05) is 30.3 Å². The second kappa shape index (κ2) is 4.77. The zero-order valence-corrected chi connectivity index (χ0v) is 11.7. The molecule has 1 aromatic rings. The van der Waals surface area contributed by atoms with Crippen LogP contribution in [0.5, 0.6) is 0 Å². The van der Waals surface area contributed by atoms with E-state index in [1.165, 1.54) is 4.90 Å². The molecule has 20 heavy (non-hydrogen) atoms. The van der Waals surface area contributed by atoms with E-state index in [9.17, 15) is 14.7 Å². The van der Waals surface area contributed by atoms with Gasteiger partial charge in [-0.1, -0.05) is 30.3 Å². The monoisotopic (exact) mass is 293 g/mol. The van der Waals surface area contributed by atoms with Gasteiger partial charge in [0.25, 0.3) is 0 Å². The van der Waals surface area contributed by atoms with Crippen molar-refractivity contribution in [2.75, 3.05) is 0 Å². The van der Waals surface area contributed by atoms with Crippen LogP contribution in [-0.2, 0) is 11.2 Å². The molecule has 0 radical (unpaired) electrons. The molecule has 1 aliphatic carbocycles. The molecule has 1 saturated carbocycles. The fourth-order valence-corrected chi connectivity index (χ4v) is 4.11. The van der Waals surface area contributed by atoms with Crippen LogP contribution in [0.1, 0.15) is 24.8 Å². The Hall–Kier alpha value is -1.55. The first-order valence-corrected chi connectivity index (χ1v) is 7.18. The molecule has 1 amide bonds. The first kappa shape index (κ1) is 13.4. The Balaban J connectivity index is 1.91. The molecule has 2 fully saturated rings. The number of carbonyl (C=O) groups excluding carboxylic acids is 1. The van der Waals surface area contributed by atoms with E-state index in [4.69, 9.17) is 11.6 Å². The molecular weight excluding hydrogens is 278 g/mol. The highest BCUT2D eigenvalue weighted by molar-refractivity contribution is 6.65. The van der Waals surface area contributed by atoms with Gasteiger partial charge in [-0.25, -0.2) is 4.79 Å². The summed E-state index contributed by atoms with van der Waals surface area (Å²) in [6, 6.07) is 9.64. The van der Waals surface area contributed by atoms with E-state index in [0.717, 1.165) is 12.0 Å². The molecule has 5 heteroatoms. The molecule has 1 N–H and O–H groups in total. The van der Waals surface area contributed by atoms with Gasteiger partial charge in [0.2, 0.25) is 5.24 Å². The number of carbonyl (C=O) groups is 2. The molecule has 0 aromatic heterocycles. The topological polar surface area (TPSA) is 57.6 Å². The van der Waals surface area contributed by atoms with Gasteiger partial charge < -0.3 is 5.11 Å². The Bertz CT molecular complexity index is 547. The largest absolute Gasteiger partial charge is 0.465 e. The second-order valence-electron chi connectivity index (χ2n) is 5.72. The Morgan fingerprint density at radius 3 is 2.65 bits per heavy atom. The van der Waals surface area contributed by atoms with Crippen LogP contribution in [0.2, 0.25) is 0 Å². The standard InChI is InChI=1S/C15H16ClNO3/c16-13(18)15-7-6-11(9-15)12(17(15)14(19)20)8-10-4-2-1-3-5-10/h1-5,11-12H,6-9H2,(H,19,20). The molecule has 4 nitrogen and oxygen atoms in total. The smallest absolute Gasteiger partial charge is 0.408 e. The number of fused-ring (bicyclic) bond motifs is 2. The molecule has 0 spiro atoms. The van der Waals surface area contributed by atoms with E-state index in [1.54, 1.807) is 0 Å². The average Bonchev–Trinajstić information content (AvgIpc) is 2.97. The van der Waals surface area contributed by atoms with E-state index in [2.05, 4.69) is 0 Å². The van der Waals surface area contributed by atoms with Gasteiger partial charge in [-0.15, -0.1) is 0 Å². The van der Waals surface area contributed by atoms with Crippen LogP contribution in [0.25, 0.3) is 0 Å². The third-order valence-corrected chi connectivity index (χ3v) is 5.08. The number of likely N-dealkylation sites (tertiary alicyclic amines) is 1. The maximum Gasteiger partial charge on any atom is 0.408 e. The van der Waals surface area contributed by atoms with Crippen molar-refractivity contribution in [2.45, 2.75) is 37.3 Å². The predicted molar refractivity (Wildman–Crippen MR) is 74.7 cm³/mol. The fraction of sp³-hybridized carbons (Fsp3) is 0.467. The van der Waals surface area contributed by atoms with Crippen LogP contribution >= 0.6 is 11.6 Å². The van der Waals surface area contributed by atoms with Gasteiger partial charge in [0.1, 0.15) is 5.54 Å². The lowest BCUT2D eigenvalue weighted by molar-refractivity contribution is -0.121. The SMILES string of the molecule is O=C(O)N1C(Cc2ccccc2)C2CCC1(C(=O)Cl)C2. The number of nitrogens with zero attached hydrogens (tertiary/aromatic N) is 1. The lowest BCUT2D eigenvalue weighted by Crippen LogP contribution is -2.56. The van der Waals surface area contributed by atoms with E-state index in [0.29, 0.717) is 19.3 Å². The van der Waals surface area contributed by atoms with Gasteiger partial charge in [0.05, 0.1) is 0 Å². The number of benzene rings is 1. The van der Waals surface area contributed by atoms with Gasteiger partial charge in [-0.3, -0.25) is 9.69 Å². The summed E-state index contributed by atoms with van der Waals surface area (Å²) in [5.74, 6) is 0.231. The first-order chi connectivity index (χ1) is 9.54. The van der Waals surface area contributed by atoms with Crippen LogP contribution in [0.4, 0.5) is 4.79 Å². The van der Waals surface area contributed by atoms with Crippen LogP contribution in [0, 0.1) is 5.92 Å². The lowest BCUT2D eigenvalue weighted by Gasteiger charge is -2.39. The number of carboxylic acid groups (broad SMARTS) is 1. The molecule has 1 aliphatic heterocycles. The Morgan fingerprint density at radius 1 is 1.35 bits per heavy atom. The predicted octanol–water partition coefficient (Wildman–Crippen LogP) is 2.90. The highest BCUT2D eigenvalue weighted by atomic mass is 35.5. The van der Waals surface area contributed by atoms with Crippen LogP contribution < -0.4 is 0 Å². The molecule has 3 unspecified atom stereocenters. The molecule has 2 aliphatic rings. The Morgan fingerprint density at radius 2 is 2.05 bits per heavy atom. The molecule has 2 bridgehead atoms. The van der Waals surface area contributed by atoms with E-state index in [-0.39, 0.29) is 12.0 Å². The van der Waals surface area contributed by atoms with Crippen LogP contribution in [0.3, 0.4) is 0 Å². The van der Waals surface area contributed by atoms with Crippen molar-refractivity contribution < 1.29 is 14.7 Å². The van der Waals surface area contributed by atoms with Crippen molar-refractivity contribution in [3.63, 3.8) is 0 Å². The summed E-state index contributed by atoms with van der Waals surface area (Å²) in [6.07, 6.45) is 1.60. The van der Waals surface area contributed by atoms with Crippen molar-refractivity contribution in [2.24, 2.45) is 5.92 Å². The zero-order chi connectivity index (χ0) is 14.3. The second-order valence-corrected chi connectivity index (χ2v) is 6.06. The minimum atomic E-state index is -1.04. The van der Waals surface area contributed by atoms with Gasteiger partial charge in [-0.05, 0) is 48.8 Å². The Kier molecular flexibility index (Phi) is 3.21. The fourth-order valence-electron chi connectivity index (χ4n) is 3.85.